The number of aromatic nitrogens is 4. The van der Waals surface area contributed by atoms with Gasteiger partial charge in [0.1, 0.15) is 0 Å². The van der Waals surface area contributed by atoms with Crippen LogP contribution in [0.5, 0.6) is 0 Å². The fourth-order valence-corrected chi connectivity index (χ4v) is 9.09. The number of rotatable bonds is 5. The van der Waals surface area contributed by atoms with Gasteiger partial charge in [0.25, 0.3) is 0 Å². The number of ether oxygens (including phenoxy) is 1. The Morgan fingerprint density at radius 3 is 2.48 bits per heavy atom. The number of piperidine rings is 1. The molecule has 6 rings (SSSR count). The first-order valence-electron chi connectivity index (χ1n) is 14.4. The highest BCUT2D eigenvalue weighted by atomic mass is 32.2. The maximum absolute atomic E-state index is 14.0. The van der Waals surface area contributed by atoms with Crippen molar-refractivity contribution in [1.82, 2.24) is 24.2 Å². The molecule has 0 spiro atoms. The molecular formula is C30H37N7O3S2. The van der Waals surface area contributed by atoms with Gasteiger partial charge in [-0.05, 0) is 48.4 Å². The fraction of sp³-hybridized carbons (Fsp3) is 0.467. The number of fused-ring (bicyclic) bond motifs is 1. The number of nitrogen functional groups attached to an aromatic ring is 1. The average Bonchev–Trinajstić information content (AvgIpc) is 3.33. The number of sulfonamides is 1. The van der Waals surface area contributed by atoms with Gasteiger partial charge in [-0.1, -0.05) is 39.3 Å². The van der Waals surface area contributed by atoms with Crippen LogP contribution in [0.25, 0.3) is 32.0 Å². The zero-order valence-corrected chi connectivity index (χ0v) is 26.1. The number of anilines is 2. The van der Waals surface area contributed by atoms with Crippen molar-refractivity contribution in [2.24, 2.45) is 5.41 Å². The molecule has 2 N–H and O–H groups in total. The molecule has 2 fully saturated rings. The Kier molecular flexibility index (Phi) is 7.67. The molecule has 0 bridgehead atoms. The fourth-order valence-electron chi connectivity index (χ4n) is 5.91. The zero-order valence-electron chi connectivity index (χ0n) is 24.5. The summed E-state index contributed by atoms with van der Waals surface area (Å²) in [5, 5.41) is 0. The Morgan fingerprint density at radius 2 is 1.76 bits per heavy atom. The molecule has 2 aliphatic rings. The molecule has 42 heavy (non-hydrogen) atoms. The lowest BCUT2D eigenvalue weighted by Gasteiger charge is -2.42. The second-order valence-electron chi connectivity index (χ2n) is 12.1. The van der Waals surface area contributed by atoms with Crippen LogP contribution in [0.15, 0.2) is 41.6 Å². The van der Waals surface area contributed by atoms with E-state index < -0.39 is 10.0 Å². The van der Waals surface area contributed by atoms with Gasteiger partial charge in [0, 0.05) is 42.9 Å². The average molecular weight is 608 g/mol. The monoisotopic (exact) mass is 607 g/mol. The van der Waals surface area contributed by atoms with E-state index in [2.05, 4.69) is 35.6 Å². The number of morpholine rings is 1. The van der Waals surface area contributed by atoms with Crippen LogP contribution >= 0.6 is 11.3 Å². The lowest BCUT2D eigenvalue weighted by atomic mass is 9.82. The molecule has 1 atom stereocenters. The Bertz CT molecular complexity index is 1710. The molecule has 3 aromatic heterocycles. The molecule has 0 saturated carbocycles. The van der Waals surface area contributed by atoms with Crippen molar-refractivity contribution in [2.75, 3.05) is 43.5 Å². The number of hydrogen-bond donors (Lipinski definition) is 1. The minimum Gasteiger partial charge on any atom is -0.378 e. The summed E-state index contributed by atoms with van der Waals surface area (Å²) in [5.41, 5.74) is 8.91. The topological polar surface area (TPSA) is 127 Å². The first kappa shape index (κ1) is 28.9. The standard InChI is InChI=1S/C30H37N7O3S2/c1-19-24-26(28(36-12-14-40-15-13-36)35-27(34-24)21-17-32-29(31)33-18-21)41-25(19)20-8-7-9-22(16-20)42(38,39)37-11-6-5-10-23(37)30(2,3)4/h7-9,16-18,23H,5-6,10-15H2,1-4H3,(H2,31,32,33). The van der Waals surface area contributed by atoms with Crippen molar-refractivity contribution in [3.8, 4) is 21.8 Å². The number of nitrogens with two attached hydrogens (primary N) is 1. The molecule has 0 radical (unpaired) electrons. The molecule has 4 aromatic rings. The lowest BCUT2D eigenvalue weighted by molar-refractivity contribution is 0.122. The second-order valence-corrected chi connectivity index (χ2v) is 15.0. The largest absolute Gasteiger partial charge is 0.378 e. The van der Waals surface area contributed by atoms with Crippen LogP contribution in [0, 0.1) is 12.3 Å². The van der Waals surface area contributed by atoms with E-state index in [1.54, 1.807) is 34.1 Å². The van der Waals surface area contributed by atoms with E-state index in [1.165, 1.54) is 0 Å². The van der Waals surface area contributed by atoms with Crippen LogP contribution in [0.1, 0.15) is 45.6 Å². The highest BCUT2D eigenvalue weighted by Gasteiger charge is 2.39. The minimum absolute atomic E-state index is 0.0342. The Morgan fingerprint density at radius 1 is 1.02 bits per heavy atom. The van der Waals surface area contributed by atoms with Gasteiger partial charge in [-0.15, -0.1) is 11.3 Å². The summed E-state index contributed by atoms with van der Waals surface area (Å²) in [4.78, 5) is 21.7. The van der Waals surface area contributed by atoms with E-state index in [4.69, 9.17) is 20.4 Å². The molecular weight excluding hydrogens is 571 g/mol. The third-order valence-electron chi connectivity index (χ3n) is 8.14. The van der Waals surface area contributed by atoms with Crippen LogP contribution in [0.2, 0.25) is 0 Å². The van der Waals surface area contributed by atoms with Crippen LogP contribution in [0.3, 0.4) is 0 Å². The van der Waals surface area contributed by atoms with Crippen LogP contribution < -0.4 is 10.6 Å². The number of nitrogens with zero attached hydrogens (tertiary/aromatic N) is 6. The highest BCUT2D eigenvalue weighted by molar-refractivity contribution is 7.89. The van der Waals surface area contributed by atoms with Gasteiger partial charge in [0.05, 0.1) is 33.9 Å². The third kappa shape index (κ3) is 5.36. The third-order valence-corrected chi connectivity index (χ3v) is 11.4. The summed E-state index contributed by atoms with van der Waals surface area (Å²) in [6.07, 6.45) is 6.07. The molecule has 2 aliphatic heterocycles. The van der Waals surface area contributed by atoms with Crippen molar-refractivity contribution in [3.63, 3.8) is 0 Å². The Hall–Kier alpha value is -3.19. The van der Waals surface area contributed by atoms with E-state index in [1.807, 2.05) is 25.1 Å². The molecule has 2 saturated heterocycles. The van der Waals surface area contributed by atoms with Crippen LogP contribution in [0.4, 0.5) is 11.8 Å². The van der Waals surface area contributed by atoms with Crippen molar-refractivity contribution in [2.45, 2.75) is 57.9 Å². The van der Waals surface area contributed by atoms with Crippen molar-refractivity contribution >= 4 is 43.3 Å². The van der Waals surface area contributed by atoms with E-state index in [9.17, 15) is 8.42 Å². The van der Waals surface area contributed by atoms with Gasteiger partial charge < -0.3 is 15.4 Å². The van der Waals surface area contributed by atoms with Gasteiger partial charge in [-0.3, -0.25) is 0 Å². The number of benzene rings is 1. The number of aryl methyl sites for hydroxylation is 1. The molecule has 5 heterocycles. The summed E-state index contributed by atoms with van der Waals surface area (Å²) in [6.45, 7) is 11.6. The summed E-state index contributed by atoms with van der Waals surface area (Å²) >= 11 is 1.60. The van der Waals surface area contributed by atoms with Gasteiger partial charge >= 0.3 is 0 Å². The zero-order chi connectivity index (χ0) is 29.6. The first-order chi connectivity index (χ1) is 20.0. The Balaban J connectivity index is 1.46. The SMILES string of the molecule is Cc1c(-c2cccc(S(=O)(=O)N3CCCCC3C(C)(C)C)c2)sc2c(N3CCOCC3)nc(-c3cnc(N)nc3)nc12. The van der Waals surface area contributed by atoms with Gasteiger partial charge in [0.2, 0.25) is 16.0 Å². The summed E-state index contributed by atoms with van der Waals surface area (Å²) in [7, 11) is -3.68. The normalized spacial score (nSPS) is 19.0. The Labute approximate surface area is 251 Å². The summed E-state index contributed by atoms with van der Waals surface area (Å²) in [5.74, 6) is 1.54. The van der Waals surface area contributed by atoms with E-state index in [-0.39, 0.29) is 17.4 Å². The number of thiophene rings is 1. The maximum Gasteiger partial charge on any atom is 0.243 e. The molecule has 0 aliphatic carbocycles. The highest BCUT2D eigenvalue weighted by Crippen LogP contribution is 2.43. The predicted molar refractivity (Wildman–Crippen MR) is 167 cm³/mol. The molecule has 1 unspecified atom stereocenters. The molecule has 10 nitrogen and oxygen atoms in total. The van der Waals surface area contributed by atoms with Crippen molar-refractivity contribution in [1.29, 1.82) is 0 Å². The van der Waals surface area contributed by atoms with Gasteiger partial charge in [-0.25, -0.2) is 28.4 Å². The second kappa shape index (κ2) is 11.1. The van der Waals surface area contributed by atoms with Crippen molar-refractivity contribution in [3.05, 3.63) is 42.2 Å². The van der Waals surface area contributed by atoms with Gasteiger partial charge in [0.15, 0.2) is 11.6 Å². The predicted octanol–water partition coefficient (Wildman–Crippen LogP) is 5.13. The van der Waals surface area contributed by atoms with E-state index in [0.717, 1.165) is 51.3 Å². The quantitative estimate of drug-likeness (QED) is 0.328. The minimum atomic E-state index is -3.68. The molecule has 1 aromatic carbocycles. The number of hydrogen-bond acceptors (Lipinski definition) is 10. The van der Waals surface area contributed by atoms with E-state index in [0.29, 0.717) is 49.1 Å². The first-order valence-corrected chi connectivity index (χ1v) is 16.6. The van der Waals surface area contributed by atoms with Crippen molar-refractivity contribution < 1.29 is 13.2 Å². The van der Waals surface area contributed by atoms with Crippen LogP contribution in [-0.4, -0.2) is 71.5 Å². The smallest absolute Gasteiger partial charge is 0.243 e. The molecule has 0 amide bonds. The summed E-state index contributed by atoms with van der Waals surface area (Å²) in [6, 6.07) is 7.32. The molecule has 12 heteroatoms. The van der Waals surface area contributed by atoms with E-state index >= 15 is 0 Å². The lowest BCUT2D eigenvalue weighted by Crippen LogP contribution is -2.49. The van der Waals surface area contributed by atoms with Gasteiger partial charge in [-0.2, -0.15) is 4.31 Å². The molecule has 222 valence electrons. The van der Waals surface area contributed by atoms with Crippen LogP contribution in [-0.2, 0) is 14.8 Å². The maximum atomic E-state index is 14.0. The summed E-state index contributed by atoms with van der Waals surface area (Å²) < 4.78 is 36.4.